The van der Waals surface area contributed by atoms with E-state index in [1.54, 1.807) is 0 Å². The van der Waals surface area contributed by atoms with Crippen molar-refractivity contribution in [2.45, 2.75) is 23.9 Å². The second-order valence-corrected chi connectivity index (χ2v) is 7.60. The zero-order chi connectivity index (χ0) is 30.6. The van der Waals surface area contributed by atoms with Gasteiger partial charge < -0.3 is 9.47 Å². The molecule has 40 heavy (non-hydrogen) atoms. The van der Waals surface area contributed by atoms with E-state index in [1.807, 2.05) is 0 Å². The van der Waals surface area contributed by atoms with Gasteiger partial charge in [0.1, 0.15) is 5.69 Å². The minimum absolute atomic E-state index is 0.220. The maximum Gasteiger partial charge on any atom is 0.460 e. The quantitative estimate of drug-likeness (QED) is 0.250. The van der Waals surface area contributed by atoms with E-state index in [1.165, 1.54) is 0 Å². The molecule has 2 aliphatic heterocycles. The highest BCUT2D eigenvalue weighted by molar-refractivity contribution is 6.30. The monoisotopic (exact) mass is 594 g/mol. The number of carbonyl (C=O) groups excluding carboxylic acids is 4. The van der Waals surface area contributed by atoms with E-state index < -0.39 is 82.3 Å². The first-order valence-electron chi connectivity index (χ1n) is 9.98. The number of rotatable bonds is 8. The molecule has 2 heterocycles. The van der Waals surface area contributed by atoms with Gasteiger partial charge in [-0.25, -0.2) is 9.80 Å². The summed E-state index contributed by atoms with van der Waals surface area (Å²) in [7, 11) is 0.697. The summed E-state index contributed by atoms with van der Waals surface area (Å²) in [5.74, 6) is -33.6. The van der Waals surface area contributed by atoms with Crippen molar-refractivity contribution in [1.82, 2.24) is 0 Å². The number of alkyl halides is 9. The molecule has 0 N–H and O–H groups in total. The van der Waals surface area contributed by atoms with Crippen LogP contribution >= 0.6 is 0 Å². The Kier molecular flexibility index (Phi) is 7.25. The highest BCUT2D eigenvalue weighted by Gasteiger charge is 2.83. The maximum absolute atomic E-state index is 14.4. The number of halogens is 11. The van der Waals surface area contributed by atoms with Gasteiger partial charge in [-0.1, -0.05) is 0 Å². The molecule has 1 aromatic rings. The molecule has 216 valence electrons. The van der Waals surface area contributed by atoms with Crippen LogP contribution in [0.1, 0.15) is 0 Å². The minimum Gasteiger partial charge on any atom is -0.491 e. The third kappa shape index (κ3) is 4.53. The van der Waals surface area contributed by atoms with Crippen molar-refractivity contribution in [2.75, 3.05) is 16.9 Å². The summed E-state index contributed by atoms with van der Waals surface area (Å²) in [5.41, 5.74) is -1.57. The third-order valence-corrected chi connectivity index (χ3v) is 5.13. The number of methoxy groups -OCH3 is 1. The molecule has 0 spiro atoms. The van der Waals surface area contributed by atoms with Crippen molar-refractivity contribution in [2.24, 2.45) is 0 Å². The lowest BCUT2D eigenvalue weighted by Crippen LogP contribution is -2.61. The van der Waals surface area contributed by atoms with E-state index in [2.05, 4.69) is 4.74 Å². The van der Waals surface area contributed by atoms with Crippen molar-refractivity contribution < 1.29 is 76.9 Å². The molecule has 0 saturated heterocycles. The number of imide groups is 2. The zero-order valence-corrected chi connectivity index (χ0v) is 19.0. The molecule has 0 radical (unpaired) electrons. The van der Waals surface area contributed by atoms with Gasteiger partial charge in [-0.15, -0.1) is 0 Å². The Labute approximate surface area is 213 Å². The summed E-state index contributed by atoms with van der Waals surface area (Å²) in [5, 5.41) is 0. The van der Waals surface area contributed by atoms with Crippen LogP contribution in [-0.4, -0.2) is 54.7 Å². The Balaban J connectivity index is 2.20. The second kappa shape index (κ2) is 9.63. The van der Waals surface area contributed by atoms with Crippen LogP contribution in [0.3, 0.4) is 0 Å². The first-order valence-corrected chi connectivity index (χ1v) is 9.98. The number of allylic oxidation sites excluding steroid dienone is 1. The molecule has 0 aromatic heterocycles. The van der Waals surface area contributed by atoms with E-state index >= 15 is 0 Å². The van der Waals surface area contributed by atoms with Crippen molar-refractivity contribution >= 4 is 35.0 Å². The van der Waals surface area contributed by atoms with Crippen LogP contribution in [0.25, 0.3) is 0 Å². The van der Waals surface area contributed by atoms with Crippen LogP contribution < -0.4 is 19.3 Å². The van der Waals surface area contributed by atoms with Crippen LogP contribution in [-0.2, 0) is 19.2 Å². The topological polar surface area (TPSA) is 93.2 Å². The van der Waals surface area contributed by atoms with Gasteiger partial charge in [0, 0.05) is 30.4 Å². The molecule has 2 aliphatic rings. The standard InChI is InChI=1S/C21H9F11N2O6/c1-39-15-9(34-13(37)4-5-14(34)38)6-8(33-11(35)2-3-12(33)36)7-10(15)40-17(23)16(22)18(24,25)19(26,27)20(28,29)21(30,31)32/h2-7H,1H3. The van der Waals surface area contributed by atoms with Crippen LogP contribution in [0.4, 0.5) is 59.7 Å². The summed E-state index contributed by atoms with van der Waals surface area (Å²) >= 11 is 0. The highest BCUT2D eigenvalue weighted by atomic mass is 19.4. The van der Waals surface area contributed by atoms with Crippen molar-refractivity contribution in [1.29, 1.82) is 0 Å². The smallest absolute Gasteiger partial charge is 0.460 e. The lowest BCUT2D eigenvalue weighted by atomic mass is 10.0. The van der Waals surface area contributed by atoms with Crippen molar-refractivity contribution in [3.05, 3.63) is 48.3 Å². The van der Waals surface area contributed by atoms with E-state index in [0.717, 1.165) is 0 Å². The molecule has 0 saturated carbocycles. The third-order valence-electron chi connectivity index (χ3n) is 5.13. The number of hydrogen-bond acceptors (Lipinski definition) is 6. The normalized spacial score (nSPS) is 17.3. The average molecular weight is 594 g/mol. The fourth-order valence-corrected chi connectivity index (χ4v) is 3.22. The summed E-state index contributed by atoms with van der Waals surface area (Å²) < 4.78 is 155. The number of nitrogens with zero attached hydrogens (tertiary/aromatic N) is 2. The van der Waals surface area contributed by atoms with Crippen LogP contribution in [0, 0.1) is 0 Å². The number of hydrogen-bond donors (Lipinski definition) is 0. The lowest BCUT2D eigenvalue weighted by molar-refractivity contribution is -0.392. The van der Waals surface area contributed by atoms with Gasteiger partial charge in [0.05, 0.1) is 12.8 Å². The number of ether oxygens (including phenoxy) is 2. The SMILES string of the molecule is COc1c(OC(F)=C(F)C(F)(F)C(F)(F)C(F)(F)C(F)(F)F)cc(N2C(=O)C=CC2=O)cc1N1C(=O)C=CC1=O. The predicted octanol–water partition coefficient (Wildman–Crippen LogP) is 4.51. The van der Waals surface area contributed by atoms with E-state index in [-0.39, 0.29) is 9.80 Å². The van der Waals surface area contributed by atoms with Gasteiger partial charge in [0.2, 0.25) is 5.83 Å². The van der Waals surface area contributed by atoms with Gasteiger partial charge in [0.15, 0.2) is 11.5 Å². The molecule has 8 nitrogen and oxygen atoms in total. The number of amides is 4. The molecule has 0 aliphatic carbocycles. The molecule has 4 amide bonds. The van der Waals surface area contributed by atoms with Gasteiger partial charge in [-0.2, -0.15) is 48.3 Å². The first kappa shape index (κ1) is 30.1. The van der Waals surface area contributed by atoms with Gasteiger partial charge in [-0.3, -0.25) is 19.2 Å². The molecule has 19 heteroatoms. The van der Waals surface area contributed by atoms with Gasteiger partial charge in [0.25, 0.3) is 23.6 Å². The van der Waals surface area contributed by atoms with E-state index in [0.29, 0.717) is 43.5 Å². The summed E-state index contributed by atoms with van der Waals surface area (Å²) in [4.78, 5) is 48.9. The zero-order valence-electron chi connectivity index (χ0n) is 19.0. The Morgan fingerprint density at radius 1 is 0.700 bits per heavy atom. The Morgan fingerprint density at radius 3 is 1.57 bits per heavy atom. The number of benzene rings is 1. The fourth-order valence-electron chi connectivity index (χ4n) is 3.22. The average Bonchev–Trinajstić information content (AvgIpc) is 3.36. The molecule has 0 bridgehead atoms. The Morgan fingerprint density at radius 2 is 1.15 bits per heavy atom. The number of anilines is 2. The Bertz CT molecular complexity index is 1360. The number of carbonyl (C=O) groups is 4. The molecule has 0 fully saturated rings. The van der Waals surface area contributed by atoms with Gasteiger partial charge in [-0.05, 0) is 6.07 Å². The van der Waals surface area contributed by atoms with Crippen molar-refractivity contribution in [3.8, 4) is 11.5 Å². The molecular weight excluding hydrogens is 585 g/mol. The first-order chi connectivity index (χ1) is 18.2. The summed E-state index contributed by atoms with van der Waals surface area (Å²) in [6.07, 6.45) is -4.62. The molecular formula is C21H9F11N2O6. The van der Waals surface area contributed by atoms with E-state index in [9.17, 15) is 67.5 Å². The van der Waals surface area contributed by atoms with Crippen LogP contribution in [0.5, 0.6) is 11.5 Å². The van der Waals surface area contributed by atoms with E-state index in [4.69, 9.17) is 4.74 Å². The largest absolute Gasteiger partial charge is 0.491 e. The fraction of sp³-hybridized carbons (Fsp3) is 0.238. The maximum atomic E-state index is 14.4. The van der Waals surface area contributed by atoms with Crippen LogP contribution in [0.2, 0.25) is 0 Å². The summed E-state index contributed by atoms with van der Waals surface area (Å²) in [6.45, 7) is 0. The predicted molar refractivity (Wildman–Crippen MR) is 107 cm³/mol. The van der Waals surface area contributed by atoms with Gasteiger partial charge >= 0.3 is 30.0 Å². The highest BCUT2D eigenvalue weighted by Crippen LogP contribution is 2.56. The van der Waals surface area contributed by atoms with Crippen LogP contribution in [0.15, 0.2) is 48.3 Å². The minimum atomic E-state index is -7.60. The lowest BCUT2D eigenvalue weighted by Gasteiger charge is -2.32. The molecule has 3 rings (SSSR count). The summed E-state index contributed by atoms with van der Waals surface area (Å²) in [6, 6.07) is -2.46. The Hall–Kier alpha value is -4.45. The molecule has 0 unspecified atom stereocenters. The second-order valence-electron chi connectivity index (χ2n) is 7.60. The molecule has 0 atom stereocenters. The van der Waals surface area contributed by atoms with Crippen molar-refractivity contribution in [3.63, 3.8) is 0 Å². The molecule has 1 aromatic carbocycles.